The first-order valence-corrected chi connectivity index (χ1v) is 7.70. The zero-order chi connectivity index (χ0) is 15.0. The molecule has 0 radical (unpaired) electrons. The van der Waals surface area contributed by atoms with E-state index >= 15 is 0 Å². The molecule has 2 aliphatic rings. The van der Waals surface area contributed by atoms with Crippen LogP contribution in [0.1, 0.15) is 20.3 Å². The van der Waals surface area contributed by atoms with Gasteiger partial charge >= 0.3 is 5.97 Å². The number of fused-ring (bicyclic) bond motifs is 1. The van der Waals surface area contributed by atoms with Gasteiger partial charge in [-0.05, 0) is 26.0 Å². The molecule has 1 amide bonds. The molecule has 21 heavy (non-hydrogen) atoms. The van der Waals surface area contributed by atoms with Gasteiger partial charge in [0, 0.05) is 4.75 Å². The van der Waals surface area contributed by atoms with Crippen molar-refractivity contribution in [1.29, 1.82) is 0 Å². The number of benzene rings is 1. The molecule has 6 heteroatoms. The van der Waals surface area contributed by atoms with Crippen molar-refractivity contribution >= 4 is 23.6 Å². The number of thioether (sulfide) groups is 1. The lowest BCUT2D eigenvalue weighted by molar-refractivity contribution is -0.165. The van der Waals surface area contributed by atoms with E-state index in [-0.39, 0.29) is 22.8 Å². The van der Waals surface area contributed by atoms with E-state index in [4.69, 9.17) is 9.47 Å². The zero-order valence-corrected chi connectivity index (χ0v) is 12.8. The second kappa shape index (κ2) is 5.26. The first-order valence-electron chi connectivity index (χ1n) is 6.82. The molecule has 112 valence electrons. The third-order valence-electron chi connectivity index (χ3n) is 3.72. The van der Waals surface area contributed by atoms with Crippen LogP contribution in [0.5, 0.6) is 5.75 Å². The van der Waals surface area contributed by atoms with Gasteiger partial charge in [0.25, 0.3) is 0 Å². The van der Waals surface area contributed by atoms with E-state index < -0.39 is 12.0 Å². The van der Waals surface area contributed by atoms with Crippen molar-refractivity contribution in [2.24, 2.45) is 0 Å². The first kappa shape index (κ1) is 14.3. The van der Waals surface area contributed by atoms with E-state index in [1.165, 1.54) is 0 Å². The van der Waals surface area contributed by atoms with Gasteiger partial charge in [-0.25, -0.2) is 4.79 Å². The Hall–Kier alpha value is -1.69. The van der Waals surface area contributed by atoms with Gasteiger partial charge in [0.15, 0.2) is 0 Å². The fourth-order valence-electron chi connectivity index (χ4n) is 2.71. The number of ether oxygens (including phenoxy) is 2. The van der Waals surface area contributed by atoms with Gasteiger partial charge in [0.05, 0.1) is 11.8 Å². The van der Waals surface area contributed by atoms with Gasteiger partial charge in [-0.15, -0.1) is 11.8 Å². The molecule has 5 nitrogen and oxygen atoms in total. The lowest BCUT2D eigenvalue weighted by Crippen LogP contribution is -2.57. The largest absolute Gasteiger partial charge is 0.457 e. The Bertz CT molecular complexity index is 560. The van der Waals surface area contributed by atoms with Crippen LogP contribution in [0.25, 0.3) is 0 Å². The van der Waals surface area contributed by atoms with Gasteiger partial charge < -0.3 is 14.4 Å². The highest BCUT2D eigenvalue weighted by Gasteiger charge is 2.59. The fraction of sp³-hybridized carbons (Fsp3) is 0.467. The number of hydrogen-bond acceptors (Lipinski definition) is 5. The third kappa shape index (κ3) is 2.60. The molecule has 0 unspecified atom stereocenters. The normalized spacial score (nSPS) is 26.0. The van der Waals surface area contributed by atoms with E-state index in [2.05, 4.69) is 0 Å². The first-order chi connectivity index (χ1) is 9.99. The molecule has 0 N–H and O–H groups in total. The minimum atomic E-state index is -0.534. The number of para-hydroxylation sites is 1. The summed E-state index contributed by atoms with van der Waals surface area (Å²) in [5, 5.41) is 0.111. The summed E-state index contributed by atoms with van der Waals surface area (Å²) < 4.78 is 10.2. The number of nitrogens with zero attached hydrogens (tertiary/aromatic N) is 1. The van der Waals surface area contributed by atoms with Crippen molar-refractivity contribution in [2.45, 2.75) is 36.4 Å². The highest BCUT2D eigenvalue weighted by Crippen LogP contribution is 2.50. The van der Waals surface area contributed by atoms with E-state index in [1.807, 2.05) is 32.0 Å². The summed E-state index contributed by atoms with van der Waals surface area (Å²) in [6, 6.07) is 8.62. The van der Waals surface area contributed by atoms with Gasteiger partial charge in [-0.3, -0.25) is 4.79 Å². The number of carbonyl (C=O) groups is 2. The van der Waals surface area contributed by atoms with Crippen molar-refractivity contribution in [2.75, 3.05) is 6.79 Å². The topological polar surface area (TPSA) is 55.8 Å². The van der Waals surface area contributed by atoms with Crippen LogP contribution in [0.3, 0.4) is 0 Å². The van der Waals surface area contributed by atoms with Gasteiger partial charge in [0.2, 0.25) is 12.7 Å². The molecule has 2 aliphatic heterocycles. The molecule has 2 atom stereocenters. The standard InChI is InChI=1S/C15H17NO4S/c1-15(2)13(16-11(17)8-12(16)21-15)14(18)20-9-19-10-6-4-3-5-7-10/h3-7,12-13H,8-9H2,1-2H3/t12-,13+/m1/s1. The van der Waals surface area contributed by atoms with Crippen LogP contribution in [0.2, 0.25) is 0 Å². The molecule has 1 aromatic carbocycles. The molecule has 0 aromatic heterocycles. The second-order valence-electron chi connectivity index (χ2n) is 5.62. The monoisotopic (exact) mass is 307 g/mol. The molecule has 0 bridgehead atoms. The summed E-state index contributed by atoms with van der Waals surface area (Å²) in [7, 11) is 0. The maximum atomic E-state index is 12.3. The SMILES string of the molecule is CC1(C)S[C@@H]2CC(=O)N2[C@H]1C(=O)OCOc1ccccc1. The van der Waals surface area contributed by atoms with Crippen LogP contribution in [0.4, 0.5) is 0 Å². The van der Waals surface area contributed by atoms with E-state index in [0.717, 1.165) is 0 Å². The van der Waals surface area contributed by atoms with Crippen LogP contribution in [0, 0.1) is 0 Å². The highest BCUT2D eigenvalue weighted by molar-refractivity contribution is 8.01. The number of hydrogen-bond donors (Lipinski definition) is 0. The van der Waals surface area contributed by atoms with Crippen LogP contribution in [-0.4, -0.2) is 39.7 Å². The summed E-state index contributed by atoms with van der Waals surface area (Å²) in [6.45, 7) is 3.79. The Morgan fingerprint density at radius 3 is 2.76 bits per heavy atom. The van der Waals surface area contributed by atoms with E-state index in [1.54, 1.807) is 28.8 Å². The predicted molar refractivity (Wildman–Crippen MR) is 78.7 cm³/mol. The molecule has 1 aromatic rings. The molecular formula is C15H17NO4S. The second-order valence-corrected chi connectivity index (χ2v) is 7.45. The fourth-order valence-corrected chi connectivity index (χ4v) is 4.33. The maximum Gasteiger partial charge on any atom is 0.333 e. The number of amides is 1. The van der Waals surface area contributed by atoms with E-state index in [9.17, 15) is 9.59 Å². The summed E-state index contributed by atoms with van der Waals surface area (Å²) in [5.74, 6) is 0.256. The lowest BCUT2D eigenvalue weighted by Gasteiger charge is -2.37. The Labute approximate surface area is 127 Å². The predicted octanol–water partition coefficient (Wildman–Crippen LogP) is 2.02. The smallest absolute Gasteiger partial charge is 0.333 e. The minimum absolute atomic E-state index is 0.0176. The number of β-lactam (4-membered cyclic amide) rings is 1. The zero-order valence-electron chi connectivity index (χ0n) is 11.9. The van der Waals surface area contributed by atoms with Crippen molar-refractivity contribution in [3.05, 3.63) is 30.3 Å². The van der Waals surface area contributed by atoms with Gasteiger partial charge in [-0.1, -0.05) is 18.2 Å². The van der Waals surface area contributed by atoms with Gasteiger partial charge in [0.1, 0.15) is 11.8 Å². The Morgan fingerprint density at radius 2 is 2.10 bits per heavy atom. The van der Waals surface area contributed by atoms with Gasteiger partial charge in [-0.2, -0.15) is 0 Å². The molecular weight excluding hydrogens is 290 g/mol. The Balaban J connectivity index is 1.58. The van der Waals surface area contributed by atoms with Crippen LogP contribution >= 0.6 is 11.8 Å². The Morgan fingerprint density at radius 1 is 1.38 bits per heavy atom. The van der Waals surface area contributed by atoms with E-state index in [0.29, 0.717) is 12.2 Å². The summed E-state index contributed by atoms with van der Waals surface area (Å²) >= 11 is 1.65. The van der Waals surface area contributed by atoms with Crippen LogP contribution in [-0.2, 0) is 14.3 Å². The van der Waals surface area contributed by atoms with Crippen molar-refractivity contribution in [1.82, 2.24) is 4.90 Å². The quantitative estimate of drug-likeness (QED) is 0.484. The summed E-state index contributed by atoms with van der Waals surface area (Å²) in [4.78, 5) is 25.6. The Kier molecular flexibility index (Phi) is 3.57. The highest BCUT2D eigenvalue weighted by atomic mass is 32.2. The molecule has 2 heterocycles. The summed E-state index contributed by atoms with van der Waals surface area (Å²) in [6.07, 6.45) is 0.512. The number of rotatable bonds is 4. The average Bonchev–Trinajstić information content (AvgIpc) is 2.66. The molecule has 3 rings (SSSR count). The van der Waals surface area contributed by atoms with Crippen LogP contribution in [0.15, 0.2) is 30.3 Å². The van der Waals surface area contributed by atoms with Crippen LogP contribution < -0.4 is 4.74 Å². The molecule has 2 saturated heterocycles. The third-order valence-corrected chi connectivity index (χ3v) is 5.21. The maximum absolute atomic E-state index is 12.3. The van der Waals surface area contributed by atoms with Crippen molar-refractivity contribution < 1.29 is 19.1 Å². The molecule has 2 fully saturated rings. The number of carbonyl (C=O) groups excluding carboxylic acids is 2. The lowest BCUT2D eigenvalue weighted by atomic mass is 9.98. The number of esters is 1. The molecule has 0 aliphatic carbocycles. The average molecular weight is 307 g/mol. The molecule has 0 saturated carbocycles. The van der Waals surface area contributed by atoms with Crippen molar-refractivity contribution in [3.8, 4) is 5.75 Å². The van der Waals surface area contributed by atoms with Crippen molar-refractivity contribution in [3.63, 3.8) is 0 Å². The molecule has 0 spiro atoms. The minimum Gasteiger partial charge on any atom is -0.457 e. The summed E-state index contributed by atoms with van der Waals surface area (Å²) in [5.41, 5.74) is 0.